The maximum atomic E-state index is 13.3. The quantitative estimate of drug-likeness (QED) is 0.593. The molecule has 0 unspecified atom stereocenters. The standard InChI is InChI=1S/C19H17BrF6N2O/c20-15-10-13(9-14(11-15)18(21,22)23)17(28-7-5-27-6-8-28)12-1-3-16(4-2-12)29-19(24,25)26/h1-4,9-11,17,27H,5-8H2/t17-/m1/s1. The average molecular weight is 483 g/mol. The van der Waals surface area contributed by atoms with Crippen molar-refractivity contribution in [2.24, 2.45) is 0 Å². The molecule has 2 aromatic rings. The smallest absolute Gasteiger partial charge is 0.406 e. The van der Waals surface area contributed by atoms with Crippen LogP contribution in [0.3, 0.4) is 0 Å². The van der Waals surface area contributed by atoms with Gasteiger partial charge in [0.15, 0.2) is 0 Å². The Morgan fingerprint density at radius 1 is 0.897 bits per heavy atom. The third-order valence-corrected chi connectivity index (χ3v) is 4.97. The number of hydrogen-bond acceptors (Lipinski definition) is 3. The SMILES string of the molecule is FC(F)(F)Oc1ccc([C@H](c2cc(Br)cc(C(F)(F)F)c2)N2CCNCC2)cc1. The van der Waals surface area contributed by atoms with Crippen LogP contribution in [0.5, 0.6) is 5.75 Å². The third kappa shape index (κ3) is 5.86. The van der Waals surface area contributed by atoms with E-state index in [1.54, 1.807) is 6.07 Å². The van der Waals surface area contributed by atoms with E-state index in [1.165, 1.54) is 24.3 Å². The Morgan fingerprint density at radius 2 is 1.52 bits per heavy atom. The summed E-state index contributed by atoms with van der Waals surface area (Å²) in [5, 5.41) is 3.18. The summed E-state index contributed by atoms with van der Waals surface area (Å²) in [5.74, 6) is -0.384. The number of halogens is 7. The molecule has 0 aliphatic carbocycles. The Kier molecular flexibility index (Phi) is 6.45. The molecular formula is C19H17BrF6N2O. The highest BCUT2D eigenvalue weighted by Crippen LogP contribution is 2.37. The van der Waals surface area contributed by atoms with E-state index in [9.17, 15) is 26.3 Å². The van der Waals surface area contributed by atoms with Crippen molar-refractivity contribution >= 4 is 15.9 Å². The lowest BCUT2D eigenvalue weighted by molar-refractivity contribution is -0.274. The van der Waals surface area contributed by atoms with Gasteiger partial charge in [0.25, 0.3) is 0 Å². The molecule has 158 valence electrons. The molecule has 1 heterocycles. The molecule has 0 saturated carbocycles. The molecule has 0 bridgehead atoms. The summed E-state index contributed by atoms with van der Waals surface area (Å²) < 4.78 is 81.3. The largest absolute Gasteiger partial charge is 0.573 e. The van der Waals surface area contributed by atoms with Gasteiger partial charge in [-0.3, -0.25) is 4.90 Å². The number of hydrogen-bond donors (Lipinski definition) is 1. The fourth-order valence-corrected chi connectivity index (χ4v) is 3.85. The first-order valence-corrected chi connectivity index (χ1v) is 9.50. The second-order valence-electron chi connectivity index (χ2n) is 6.58. The topological polar surface area (TPSA) is 24.5 Å². The molecule has 1 aliphatic rings. The van der Waals surface area contributed by atoms with E-state index in [2.05, 4.69) is 26.0 Å². The van der Waals surface area contributed by atoms with Gasteiger partial charge in [0.05, 0.1) is 11.6 Å². The van der Waals surface area contributed by atoms with Gasteiger partial charge < -0.3 is 10.1 Å². The number of nitrogens with zero attached hydrogens (tertiary/aromatic N) is 1. The Morgan fingerprint density at radius 3 is 2.07 bits per heavy atom. The van der Waals surface area contributed by atoms with Crippen LogP contribution < -0.4 is 10.1 Å². The van der Waals surface area contributed by atoms with Gasteiger partial charge in [0.2, 0.25) is 0 Å². The van der Waals surface area contributed by atoms with Crippen LogP contribution in [0.1, 0.15) is 22.7 Å². The van der Waals surface area contributed by atoms with Gasteiger partial charge in [-0.15, -0.1) is 13.2 Å². The van der Waals surface area contributed by atoms with Crippen molar-refractivity contribution in [1.29, 1.82) is 0 Å². The Bertz CT molecular complexity index is 832. The molecule has 2 aromatic carbocycles. The van der Waals surface area contributed by atoms with Gasteiger partial charge in [-0.2, -0.15) is 13.2 Å². The summed E-state index contributed by atoms with van der Waals surface area (Å²) in [6, 6.07) is 8.36. The predicted molar refractivity (Wildman–Crippen MR) is 98.6 cm³/mol. The van der Waals surface area contributed by atoms with Gasteiger partial charge >= 0.3 is 12.5 Å². The van der Waals surface area contributed by atoms with Crippen LogP contribution in [0.15, 0.2) is 46.9 Å². The molecule has 1 aliphatic heterocycles. The van der Waals surface area contributed by atoms with Gasteiger partial charge in [-0.05, 0) is 41.5 Å². The lowest BCUT2D eigenvalue weighted by Crippen LogP contribution is -2.45. The lowest BCUT2D eigenvalue weighted by atomic mass is 9.95. The normalized spacial score (nSPS) is 17.2. The number of benzene rings is 2. The zero-order valence-corrected chi connectivity index (χ0v) is 16.5. The van der Waals surface area contributed by atoms with E-state index < -0.39 is 24.1 Å². The van der Waals surface area contributed by atoms with Crippen LogP contribution in [0.2, 0.25) is 0 Å². The van der Waals surface area contributed by atoms with Crippen LogP contribution in [-0.4, -0.2) is 37.4 Å². The number of alkyl halides is 6. The minimum Gasteiger partial charge on any atom is -0.406 e. The summed E-state index contributed by atoms with van der Waals surface area (Å²) in [6.45, 7) is 2.48. The van der Waals surface area contributed by atoms with Crippen molar-refractivity contribution < 1.29 is 31.1 Å². The summed E-state index contributed by atoms with van der Waals surface area (Å²) in [7, 11) is 0. The molecule has 0 radical (unpaired) electrons. The summed E-state index contributed by atoms with van der Waals surface area (Å²) in [5.41, 5.74) is 0.185. The number of piperazine rings is 1. The number of nitrogens with one attached hydrogen (secondary N) is 1. The van der Waals surface area contributed by atoms with E-state index in [1.807, 2.05) is 4.90 Å². The molecule has 0 amide bonds. The van der Waals surface area contributed by atoms with Crippen molar-refractivity contribution in [3.8, 4) is 5.75 Å². The van der Waals surface area contributed by atoms with Gasteiger partial charge in [0.1, 0.15) is 5.75 Å². The number of ether oxygens (including phenoxy) is 1. The van der Waals surface area contributed by atoms with Crippen molar-refractivity contribution in [3.63, 3.8) is 0 Å². The second kappa shape index (κ2) is 8.53. The highest BCUT2D eigenvalue weighted by Gasteiger charge is 2.34. The molecule has 3 nitrogen and oxygen atoms in total. The van der Waals surface area contributed by atoms with E-state index >= 15 is 0 Å². The molecule has 10 heteroatoms. The van der Waals surface area contributed by atoms with Gasteiger partial charge in [-0.1, -0.05) is 28.1 Å². The molecule has 1 atom stereocenters. The minimum atomic E-state index is -4.81. The van der Waals surface area contributed by atoms with Gasteiger partial charge in [0, 0.05) is 30.7 Å². The molecular weight excluding hydrogens is 466 g/mol. The van der Waals surface area contributed by atoms with Crippen LogP contribution in [0.4, 0.5) is 26.3 Å². The van der Waals surface area contributed by atoms with Gasteiger partial charge in [-0.25, -0.2) is 0 Å². The molecule has 1 saturated heterocycles. The number of rotatable bonds is 4. The Hall–Kier alpha value is -1.78. The molecule has 29 heavy (non-hydrogen) atoms. The highest BCUT2D eigenvalue weighted by atomic mass is 79.9. The van der Waals surface area contributed by atoms with Crippen molar-refractivity contribution in [1.82, 2.24) is 10.2 Å². The monoisotopic (exact) mass is 482 g/mol. The third-order valence-electron chi connectivity index (χ3n) is 4.51. The fraction of sp³-hybridized carbons (Fsp3) is 0.368. The van der Waals surface area contributed by atoms with E-state index in [0.717, 1.165) is 12.1 Å². The van der Waals surface area contributed by atoms with Crippen molar-refractivity contribution in [2.45, 2.75) is 18.6 Å². The summed E-state index contributed by atoms with van der Waals surface area (Å²) in [4.78, 5) is 2.00. The molecule has 0 aromatic heterocycles. The molecule has 3 rings (SSSR count). The lowest BCUT2D eigenvalue weighted by Gasteiger charge is -2.36. The van der Waals surface area contributed by atoms with Crippen LogP contribution >= 0.6 is 15.9 Å². The Labute approximate surface area is 171 Å². The first-order valence-electron chi connectivity index (χ1n) is 8.71. The van der Waals surface area contributed by atoms with Crippen molar-refractivity contribution in [3.05, 3.63) is 63.6 Å². The maximum absolute atomic E-state index is 13.3. The Balaban J connectivity index is 2.01. The zero-order valence-electron chi connectivity index (χ0n) is 14.9. The predicted octanol–water partition coefficient (Wildman–Crippen LogP) is 5.36. The molecule has 1 N–H and O–H groups in total. The summed E-state index contributed by atoms with van der Waals surface area (Å²) in [6.07, 6.45) is -9.33. The van der Waals surface area contributed by atoms with E-state index in [-0.39, 0.29) is 10.2 Å². The summed E-state index contributed by atoms with van der Waals surface area (Å²) >= 11 is 3.14. The highest BCUT2D eigenvalue weighted by molar-refractivity contribution is 9.10. The average Bonchev–Trinajstić information content (AvgIpc) is 2.62. The maximum Gasteiger partial charge on any atom is 0.573 e. The minimum absolute atomic E-state index is 0.277. The van der Waals surface area contributed by atoms with Crippen LogP contribution in [0.25, 0.3) is 0 Å². The molecule has 1 fully saturated rings. The van der Waals surface area contributed by atoms with E-state index in [0.29, 0.717) is 37.3 Å². The van der Waals surface area contributed by atoms with E-state index in [4.69, 9.17) is 0 Å². The zero-order chi connectivity index (χ0) is 21.2. The first-order chi connectivity index (χ1) is 13.5. The van der Waals surface area contributed by atoms with Crippen LogP contribution in [0, 0.1) is 0 Å². The van der Waals surface area contributed by atoms with Crippen LogP contribution in [-0.2, 0) is 6.18 Å². The molecule has 0 spiro atoms. The fourth-order valence-electron chi connectivity index (χ4n) is 3.34. The first kappa shape index (κ1) is 21.9. The van der Waals surface area contributed by atoms with Crippen molar-refractivity contribution in [2.75, 3.05) is 26.2 Å². The second-order valence-corrected chi connectivity index (χ2v) is 7.49.